The van der Waals surface area contributed by atoms with Crippen molar-refractivity contribution in [3.63, 3.8) is 0 Å². The van der Waals surface area contributed by atoms with Gasteiger partial charge in [-0.3, -0.25) is 4.79 Å². The lowest BCUT2D eigenvalue weighted by Gasteiger charge is -2.06. The maximum atomic E-state index is 11.8. The molecule has 1 aromatic carbocycles. The van der Waals surface area contributed by atoms with Gasteiger partial charge in [0.2, 0.25) is 11.9 Å². The molecule has 0 unspecified atom stereocenters. The third kappa shape index (κ3) is 4.08. The monoisotopic (exact) mass is 273 g/mol. The number of carbonyl (C=O) groups excluding carboxylic acids is 1. The maximum Gasteiger partial charge on any atom is 0.246 e. The number of amides is 1. The van der Waals surface area contributed by atoms with Crippen LogP contribution in [0.3, 0.4) is 0 Å². The van der Waals surface area contributed by atoms with Gasteiger partial charge in [0, 0.05) is 5.69 Å². The number of nitrogens with zero attached hydrogens (tertiary/aromatic N) is 3. The Labute approximate surface area is 118 Å². The molecule has 0 radical (unpaired) electrons. The highest BCUT2D eigenvalue weighted by Crippen LogP contribution is 2.11. The molecule has 2 rings (SSSR count). The van der Waals surface area contributed by atoms with Crippen LogP contribution in [0.15, 0.2) is 30.6 Å². The summed E-state index contributed by atoms with van der Waals surface area (Å²) >= 11 is 0. The minimum Gasteiger partial charge on any atom is -0.367 e. The summed E-state index contributed by atoms with van der Waals surface area (Å²) in [4.78, 5) is 15.6. The van der Waals surface area contributed by atoms with Crippen molar-refractivity contribution >= 4 is 17.5 Å². The average Bonchev–Trinajstić information content (AvgIpc) is 2.83. The smallest absolute Gasteiger partial charge is 0.246 e. The van der Waals surface area contributed by atoms with E-state index in [1.54, 1.807) is 0 Å². The van der Waals surface area contributed by atoms with Gasteiger partial charge < -0.3 is 11.1 Å². The van der Waals surface area contributed by atoms with E-state index in [2.05, 4.69) is 22.3 Å². The summed E-state index contributed by atoms with van der Waals surface area (Å²) in [5.74, 6) is 0.00860. The number of aromatic nitrogens is 3. The largest absolute Gasteiger partial charge is 0.367 e. The van der Waals surface area contributed by atoms with Crippen molar-refractivity contribution in [2.75, 3.05) is 11.1 Å². The van der Waals surface area contributed by atoms with E-state index >= 15 is 0 Å². The van der Waals surface area contributed by atoms with Crippen molar-refractivity contribution in [2.24, 2.45) is 0 Å². The van der Waals surface area contributed by atoms with Crippen LogP contribution < -0.4 is 11.1 Å². The number of aryl methyl sites for hydroxylation is 1. The highest BCUT2D eigenvalue weighted by Gasteiger charge is 2.05. The maximum absolute atomic E-state index is 11.8. The van der Waals surface area contributed by atoms with Gasteiger partial charge in [0.25, 0.3) is 0 Å². The van der Waals surface area contributed by atoms with Crippen LogP contribution in [0.4, 0.5) is 11.6 Å². The van der Waals surface area contributed by atoms with E-state index < -0.39 is 0 Å². The number of benzene rings is 1. The summed E-state index contributed by atoms with van der Waals surface area (Å²) < 4.78 is 1.40. The Balaban J connectivity index is 1.87. The van der Waals surface area contributed by atoms with Gasteiger partial charge in [-0.05, 0) is 30.5 Å². The lowest BCUT2D eigenvalue weighted by molar-refractivity contribution is -0.116. The number of rotatable bonds is 6. The molecule has 3 N–H and O–H groups in total. The Bertz CT molecular complexity index is 561. The van der Waals surface area contributed by atoms with Crippen LogP contribution in [-0.2, 0) is 17.8 Å². The van der Waals surface area contributed by atoms with Gasteiger partial charge in [-0.15, -0.1) is 5.10 Å². The third-order valence-corrected chi connectivity index (χ3v) is 2.92. The van der Waals surface area contributed by atoms with Gasteiger partial charge in [0.15, 0.2) is 0 Å². The third-order valence-electron chi connectivity index (χ3n) is 2.92. The molecule has 0 atom stereocenters. The zero-order valence-corrected chi connectivity index (χ0v) is 11.5. The molecule has 1 heterocycles. The Morgan fingerprint density at radius 3 is 2.70 bits per heavy atom. The molecule has 20 heavy (non-hydrogen) atoms. The number of unbranched alkanes of at least 4 members (excludes halogenated alkanes) is 1. The summed E-state index contributed by atoms with van der Waals surface area (Å²) in [5.41, 5.74) is 7.46. The van der Waals surface area contributed by atoms with Crippen LogP contribution in [-0.4, -0.2) is 20.7 Å². The lowest BCUT2D eigenvalue weighted by Crippen LogP contribution is -2.19. The van der Waals surface area contributed by atoms with Crippen molar-refractivity contribution in [3.8, 4) is 0 Å². The first-order valence-electron chi connectivity index (χ1n) is 6.71. The van der Waals surface area contributed by atoms with Crippen molar-refractivity contribution < 1.29 is 4.79 Å². The second-order valence-corrected chi connectivity index (χ2v) is 4.65. The minimum atomic E-state index is -0.156. The predicted octanol–water partition coefficient (Wildman–Crippen LogP) is 1.84. The minimum absolute atomic E-state index is 0.0990. The SMILES string of the molecule is CCCCc1ccc(NC(=O)Cn2cnc(N)n2)cc1. The van der Waals surface area contributed by atoms with Crippen molar-refractivity contribution in [1.29, 1.82) is 0 Å². The average molecular weight is 273 g/mol. The van der Waals surface area contributed by atoms with Gasteiger partial charge in [-0.2, -0.15) is 0 Å². The highest BCUT2D eigenvalue weighted by atomic mass is 16.2. The topological polar surface area (TPSA) is 85.8 Å². The lowest BCUT2D eigenvalue weighted by atomic mass is 10.1. The van der Waals surface area contributed by atoms with Crippen molar-refractivity contribution in [1.82, 2.24) is 14.8 Å². The zero-order chi connectivity index (χ0) is 14.4. The van der Waals surface area contributed by atoms with Crippen molar-refractivity contribution in [2.45, 2.75) is 32.7 Å². The van der Waals surface area contributed by atoms with E-state index in [9.17, 15) is 4.79 Å². The Morgan fingerprint density at radius 1 is 1.35 bits per heavy atom. The predicted molar refractivity (Wildman–Crippen MR) is 78.1 cm³/mol. The fourth-order valence-electron chi connectivity index (χ4n) is 1.87. The number of nitrogen functional groups attached to an aromatic ring is 1. The molecular weight excluding hydrogens is 254 g/mol. The molecule has 0 bridgehead atoms. The summed E-state index contributed by atoms with van der Waals surface area (Å²) in [7, 11) is 0. The number of nitrogens with one attached hydrogen (secondary N) is 1. The molecule has 106 valence electrons. The second kappa shape index (κ2) is 6.70. The Hall–Kier alpha value is -2.37. The molecule has 0 saturated carbocycles. The molecule has 0 spiro atoms. The molecule has 0 saturated heterocycles. The molecule has 6 nitrogen and oxygen atoms in total. The standard InChI is InChI=1S/C14H19N5O/c1-2-3-4-11-5-7-12(8-6-11)17-13(20)9-19-10-16-14(15)18-19/h5-8,10H,2-4,9H2,1H3,(H2,15,18)(H,17,20). The summed E-state index contributed by atoms with van der Waals surface area (Å²) in [6.07, 6.45) is 4.87. The molecule has 0 aliphatic carbocycles. The number of hydrogen-bond acceptors (Lipinski definition) is 4. The van der Waals surface area contributed by atoms with Gasteiger partial charge in [-0.1, -0.05) is 25.5 Å². The first-order valence-corrected chi connectivity index (χ1v) is 6.71. The first kappa shape index (κ1) is 14.0. The van der Waals surface area contributed by atoms with Crippen LogP contribution in [0.5, 0.6) is 0 Å². The van der Waals surface area contributed by atoms with Gasteiger partial charge >= 0.3 is 0 Å². The molecule has 1 amide bonds. The van der Waals surface area contributed by atoms with Crippen LogP contribution in [0.25, 0.3) is 0 Å². The molecule has 0 aliphatic rings. The normalized spacial score (nSPS) is 10.4. The quantitative estimate of drug-likeness (QED) is 0.841. The van der Waals surface area contributed by atoms with Crippen LogP contribution in [0.1, 0.15) is 25.3 Å². The molecular formula is C14H19N5O. The van der Waals surface area contributed by atoms with Crippen LogP contribution in [0.2, 0.25) is 0 Å². The number of hydrogen-bond donors (Lipinski definition) is 2. The van der Waals surface area contributed by atoms with E-state index in [-0.39, 0.29) is 18.4 Å². The molecule has 2 aromatic rings. The second-order valence-electron chi connectivity index (χ2n) is 4.65. The fraction of sp³-hybridized carbons (Fsp3) is 0.357. The molecule has 6 heteroatoms. The fourth-order valence-corrected chi connectivity index (χ4v) is 1.87. The Kier molecular flexibility index (Phi) is 4.70. The van der Waals surface area contributed by atoms with Gasteiger partial charge in [0.1, 0.15) is 12.9 Å². The number of nitrogens with two attached hydrogens (primary N) is 1. The zero-order valence-electron chi connectivity index (χ0n) is 11.5. The Morgan fingerprint density at radius 2 is 2.10 bits per heavy atom. The number of carbonyl (C=O) groups is 1. The van der Waals surface area contributed by atoms with E-state index in [4.69, 9.17) is 5.73 Å². The van der Waals surface area contributed by atoms with Gasteiger partial charge in [-0.25, -0.2) is 9.67 Å². The summed E-state index contributed by atoms with van der Waals surface area (Å²) in [5, 5.41) is 6.68. The molecule has 1 aromatic heterocycles. The van der Waals surface area contributed by atoms with E-state index in [1.165, 1.54) is 29.4 Å². The molecule has 0 fully saturated rings. The molecule has 0 aliphatic heterocycles. The summed E-state index contributed by atoms with van der Waals surface area (Å²) in [6.45, 7) is 2.27. The van der Waals surface area contributed by atoms with Gasteiger partial charge in [0.05, 0.1) is 0 Å². The van der Waals surface area contributed by atoms with Crippen LogP contribution >= 0.6 is 0 Å². The number of anilines is 2. The van der Waals surface area contributed by atoms with Crippen LogP contribution in [0, 0.1) is 0 Å². The summed E-state index contributed by atoms with van der Waals surface area (Å²) in [6, 6.07) is 7.91. The van der Waals surface area contributed by atoms with Crippen molar-refractivity contribution in [3.05, 3.63) is 36.2 Å². The van der Waals surface area contributed by atoms with E-state index in [1.807, 2.05) is 24.3 Å². The van der Waals surface area contributed by atoms with E-state index in [0.717, 1.165) is 12.1 Å². The highest BCUT2D eigenvalue weighted by molar-refractivity contribution is 5.90. The first-order chi connectivity index (χ1) is 9.67. The van der Waals surface area contributed by atoms with E-state index in [0.29, 0.717) is 0 Å².